The number of likely N-dealkylation sites (tertiary alicyclic amines) is 1. The van der Waals surface area contributed by atoms with E-state index in [0.717, 1.165) is 37.2 Å². The predicted octanol–water partition coefficient (Wildman–Crippen LogP) is 2.91. The van der Waals surface area contributed by atoms with Crippen molar-refractivity contribution in [3.05, 3.63) is 47.2 Å². The molecule has 2 amide bonds. The van der Waals surface area contributed by atoms with Crippen LogP contribution in [-0.2, 0) is 0 Å². The van der Waals surface area contributed by atoms with Gasteiger partial charge >= 0.3 is 0 Å². The van der Waals surface area contributed by atoms with Gasteiger partial charge in [-0.3, -0.25) is 9.59 Å². The van der Waals surface area contributed by atoms with Crippen LogP contribution in [0.2, 0.25) is 0 Å². The van der Waals surface area contributed by atoms with E-state index < -0.39 is 0 Å². The molecular formula is C22H26N4O3. The van der Waals surface area contributed by atoms with E-state index >= 15 is 0 Å². The molecule has 1 fully saturated rings. The van der Waals surface area contributed by atoms with E-state index in [4.69, 9.17) is 4.74 Å². The second kappa shape index (κ2) is 8.11. The van der Waals surface area contributed by atoms with Crippen LogP contribution < -0.4 is 15.0 Å². The monoisotopic (exact) mass is 394 g/mol. The number of hydrogen-bond acceptors (Lipinski definition) is 5. The van der Waals surface area contributed by atoms with Crippen molar-refractivity contribution in [3.63, 3.8) is 0 Å². The van der Waals surface area contributed by atoms with Gasteiger partial charge < -0.3 is 19.9 Å². The summed E-state index contributed by atoms with van der Waals surface area (Å²) in [4.78, 5) is 33.3. The standard InChI is InChI=1S/C22H26N4O3/c1-15-12-16(21(27)23-2)6-7-18(15)26-10-11-29-19-13-17(14-24-20(19)26)22(28)25-8-4-3-5-9-25/h6-7,12-14H,3-5,8-11H2,1-2H3,(H,23,27). The summed E-state index contributed by atoms with van der Waals surface area (Å²) in [5, 5.41) is 2.65. The number of nitrogens with one attached hydrogen (secondary N) is 1. The van der Waals surface area contributed by atoms with Crippen LogP contribution in [0.15, 0.2) is 30.5 Å². The summed E-state index contributed by atoms with van der Waals surface area (Å²) in [6, 6.07) is 7.42. The van der Waals surface area contributed by atoms with Gasteiger partial charge in [0.1, 0.15) is 6.61 Å². The van der Waals surface area contributed by atoms with Crippen molar-refractivity contribution >= 4 is 23.3 Å². The Morgan fingerprint density at radius 2 is 1.86 bits per heavy atom. The van der Waals surface area contributed by atoms with Gasteiger partial charge in [0.05, 0.1) is 12.1 Å². The van der Waals surface area contributed by atoms with Gasteiger partial charge in [0.2, 0.25) is 0 Å². The summed E-state index contributed by atoms with van der Waals surface area (Å²) in [6.07, 6.45) is 4.94. The molecule has 0 saturated carbocycles. The molecule has 0 spiro atoms. The molecule has 0 bridgehead atoms. The molecule has 2 aliphatic heterocycles. The maximum Gasteiger partial charge on any atom is 0.255 e. The van der Waals surface area contributed by atoms with E-state index in [1.165, 1.54) is 6.42 Å². The van der Waals surface area contributed by atoms with E-state index in [-0.39, 0.29) is 11.8 Å². The summed E-state index contributed by atoms with van der Waals surface area (Å²) in [5.41, 5.74) is 3.15. The zero-order chi connectivity index (χ0) is 20.4. The zero-order valence-corrected chi connectivity index (χ0v) is 16.9. The Balaban J connectivity index is 1.62. The molecule has 1 aromatic carbocycles. The molecule has 152 valence electrons. The van der Waals surface area contributed by atoms with Crippen molar-refractivity contribution in [2.45, 2.75) is 26.2 Å². The van der Waals surface area contributed by atoms with E-state index in [9.17, 15) is 9.59 Å². The molecule has 29 heavy (non-hydrogen) atoms. The number of benzene rings is 1. The highest BCUT2D eigenvalue weighted by Crippen LogP contribution is 2.37. The highest BCUT2D eigenvalue weighted by molar-refractivity contribution is 5.96. The number of rotatable bonds is 3. The lowest BCUT2D eigenvalue weighted by atomic mass is 10.1. The number of piperidine rings is 1. The van der Waals surface area contributed by atoms with Crippen molar-refractivity contribution in [2.24, 2.45) is 0 Å². The number of carbonyl (C=O) groups is 2. The summed E-state index contributed by atoms with van der Waals surface area (Å²) in [6.45, 7) is 4.75. The second-order valence-electron chi connectivity index (χ2n) is 7.48. The van der Waals surface area contributed by atoms with Crippen LogP contribution in [-0.4, -0.2) is 55.0 Å². The molecule has 2 aliphatic rings. The third kappa shape index (κ3) is 3.77. The average Bonchev–Trinajstić information content (AvgIpc) is 2.78. The second-order valence-corrected chi connectivity index (χ2v) is 7.48. The molecule has 0 radical (unpaired) electrons. The van der Waals surface area contributed by atoms with Crippen LogP contribution in [0.5, 0.6) is 5.75 Å². The normalized spacial score (nSPS) is 16.1. The number of fused-ring (bicyclic) bond motifs is 1. The number of nitrogens with zero attached hydrogens (tertiary/aromatic N) is 3. The molecule has 1 aromatic heterocycles. The molecule has 1 saturated heterocycles. The Bertz CT molecular complexity index is 938. The number of hydrogen-bond donors (Lipinski definition) is 1. The fraction of sp³-hybridized carbons (Fsp3) is 0.409. The highest BCUT2D eigenvalue weighted by atomic mass is 16.5. The fourth-order valence-corrected chi connectivity index (χ4v) is 3.97. The van der Waals surface area contributed by atoms with E-state index in [1.54, 1.807) is 19.3 Å². The lowest BCUT2D eigenvalue weighted by Gasteiger charge is -2.32. The third-order valence-corrected chi connectivity index (χ3v) is 5.53. The third-order valence-electron chi connectivity index (χ3n) is 5.53. The van der Waals surface area contributed by atoms with E-state index in [0.29, 0.717) is 35.8 Å². The van der Waals surface area contributed by atoms with Gasteiger partial charge in [-0.25, -0.2) is 4.98 Å². The number of pyridine rings is 1. The zero-order valence-electron chi connectivity index (χ0n) is 16.9. The Labute approximate surface area is 170 Å². The summed E-state index contributed by atoms with van der Waals surface area (Å²) in [5.74, 6) is 1.23. The molecule has 7 heteroatoms. The van der Waals surface area contributed by atoms with E-state index in [1.807, 2.05) is 30.0 Å². The van der Waals surface area contributed by atoms with Crippen LogP contribution in [0.25, 0.3) is 0 Å². The van der Waals surface area contributed by atoms with Crippen LogP contribution in [0.1, 0.15) is 45.5 Å². The minimum atomic E-state index is -0.110. The lowest BCUT2D eigenvalue weighted by molar-refractivity contribution is 0.0723. The molecule has 7 nitrogen and oxygen atoms in total. The first-order valence-electron chi connectivity index (χ1n) is 10.1. The molecular weight excluding hydrogens is 368 g/mol. The number of aryl methyl sites for hydroxylation is 1. The Morgan fingerprint density at radius 1 is 1.07 bits per heavy atom. The van der Waals surface area contributed by atoms with Gasteiger partial charge in [-0.05, 0) is 56.0 Å². The van der Waals surface area contributed by atoms with Crippen molar-refractivity contribution in [1.29, 1.82) is 0 Å². The van der Waals surface area contributed by atoms with Crippen molar-refractivity contribution < 1.29 is 14.3 Å². The van der Waals surface area contributed by atoms with Gasteiger partial charge in [-0.1, -0.05) is 0 Å². The Hall–Kier alpha value is -3.09. The Kier molecular flexibility index (Phi) is 5.38. The fourth-order valence-electron chi connectivity index (χ4n) is 3.97. The van der Waals surface area contributed by atoms with Gasteiger partial charge in [0.15, 0.2) is 11.6 Å². The van der Waals surface area contributed by atoms with Crippen LogP contribution >= 0.6 is 0 Å². The topological polar surface area (TPSA) is 74.8 Å². The molecule has 3 heterocycles. The smallest absolute Gasteiger partial charge is 0.255 e. The first-order chi connectivity index (χ1) is 14.1. The molecule has 1 N–H and O–H groups in total. The molecule has 4 rings (SSSR count). The maximum absolute atomic E-state index is 12.8. The van der Waals surface area contributed by atoms with Crippen molar-refractivity contribution in [2.75, 3.05) is 38.2 Å². The SMILES string of the molecule is CNC(=O)c1ccc(N2CCOc3cc(C(=O)N4CCCCC4)cnc32)c(C)c1. The minimum Gasteiger partial charge on any atom is -0.488 e. The van der Waals surface area contributed by atoms with Gasteiger partial charge in [-0.2, -0.15) is 0 Å². The summed E-state index contributed by atoms with van der Waals surface area (Å²) >= 11 is 0. The highest BCUT2D eigenvalue weighted by Gasteiger charge is 2.26. The van der Waals surface area contributed by atoms with Gasteiger partial charge in [-0.15, -0.1) is 0 Å². The van der Waals surface area contributed by atoms with Crippen LogP contribution in [0.4, 0.5) is 11.5 Å². The lowest BCUT2D eigenvalue weighted by Crippen LogP contribution is -2.36. The van der Waals surface area contributed by atoms with Crippen molar-refractivity contribution in [1.82, 2.24) is 15.2 Å². The van der Waals surface area contributed by atoms with Gasteiger partial charge in [0, 0.05) is 37.6 Å². The summed E-state index contributed by atoms with van der Waals surface area (Å²) in [7, 11) is 1.62. The molecule has 0 atom stereocenters. The first kappa shape index (κ1) is 19.2. The number of aromatic nitrogens is 1. The molecule has 2 aromatic rings. The first-order valence-corrected chi connectivity index (χ1v) is 10.1. The Morgan fingerprint density at radius 3 is 2.59 bits per heavy atom. The van der Waals surface area contributed by atoms with Crippen LogP contribution in [0.3, 0.4) is 0 Å². The predicted molar refractivity (Wildman–Crippen MR) is 111 cm³/mol. The average molecular weight is 394 g/mol. The number of carbonyl (C=O) groups excluding carboxylic acids is 2. The van der Waals surface area contributed by atoms with Gasteiger partial charge in [0.25, 0.3) is 11.8 Å². The van der Waals surface area contributed by atoms with Crippen molar-refractivity contribution in [3.8, 4) is 5.75 Å². The van der Waals surface area contributed by atoms with Crippen LogP contribution in [0, 0.1) is 6.92 Å². The maximum atomic E-state index is 12.8. The molecule has 0 aliphatic carbocycles. The summed E-state index contributed by atoms with van der Waals surface area (Å²) < 4.78 is 5.83. The number of amides is 2. The van der Waals surface area contributed by atoms with E-state index in [2.05, 4.69) is 15.2 Å². The largest absolute Gasteiger partial charge is 0.488 e. The quantitative estimate of drug-likeness (QED) is 0.866. The number of anilines is 2. The molecule has 0 unspecified atom stereocenters. The minimum absolute atomic E-state index is 0.0202. The number of ether oxygens (including phenoxy) is 1.